The summed E-state index contributed by atoms with van der Waals surface area (Å²) in [6, 6.07) is 0. The van der Waals surface area contributed by atoms with E-state index in [0.29, 0.717) is 31.1 Å². The van der Waals surface area contributed by atoms with Crippen LogP contribution in [0.2, 0.25) is 0 Å². The Kier molecular flexibility index (Phi) is 5.48. The van der Waals surface area contributed by atoms with Crippen LogP contribution in [0.3, 0.4) is 0 Å². The van der Waals surface area contributed by atoms with Crippen LogP contribution in [0.15, 0.2) is 11.6 Å². The molecule has 0 heterocycles. The van der Waals surface area contributed by atoms with Crippen LogP contribution in [-0.2, 0) is 9.59 Å². The number of carboxylic acids is 2. The molecule has 0 aliphatic heterocycles. The Labute approximate surface area is 210 Å². The number of rotatable bonds is 2. The molecule has 5 rings (SSSR count). The number of carboxylic acid groups (broad SMARTS) is 2. The van der Waals surface area contributed by atoms with Gasteiger partial charge in [0, 0.05) is 0 Å². The fraction of sp³-hybridized carbons (Fsp3) is 0.867. The van der Waals surface area contributed by atoms with Gasteiger partial charge in [0.2, 0.25) is 0 Å². The Bertz CT molecular complexity index is 968. The van der Waals surface area contributed by atoms with Crippen molar-refractivity contribution in [2.45, 2.75) is 105 Å². The molecule has 5 nitrogen and oxygen atoms in total. The van der Waals surface area contributed by atoms with Crippen molar-refractivity contribution < 1.29 is 24.9 Å². The molecule has 0 amide bonds. The van der Waals surface area contributed by atoms with E-state index in [2.05, 4.69) is 47.6 Å². The Morgan fingerprint density at radius 3 is 2.17 bits per heavy atom. The second-order valence-corrected chi connectivity index (χ2v) is 14.4. The number of aliphatic hydroxyl groups excluding tert-OH is 1. The third-order valence-corrected chi connectivity index (χ3v) is 13.2. The van der Waals surface area contributed by atoms with Crippen LogP contribution in [0.5, 0.6) is 0 Å². The average molecular weight is 487 g/mol. The highest BCUT2D eigenvalue weighted by Gasteiger charge is 2.73. The van der Waals surface area contributed by atoms with Crippen molar-refractivity contribution in [2.24, 2.45) is 56.7 Å². The van der Waals surface area contributed by atoms with E-state index in [9.17, 15) is 24.9 Å². The number of aliphatic hydroxyl groups is 1. The fourth-order valence-electron chi connectivity index (χ4n) is 11.0. The van der Waals surface area contributed by atoms with Gasteiger partial charge in [-0.2, -0.15) is 0 Å². The molecule has 0 unspecified atom stereocenters. The second kappa shape index (κ2) is 7.58. The van der Waals surface area contributed by atoms with Crippen LogP contribution in [-0.4, -0.2) is 33.4 Å². The van der Waals surface area contributed by atoms with E-state index in [0.717, 1.165) is 44.1 Å². The smallest absolute Gasteiger partial charge is 0.314 e. The minimum absolute atomic E-state index is 0.0347. The van der Waals surface area contributed by atoms with Crippen LogP contribution in [0.4, 0.5) is 0 Å². The highest BCUT2D eigenvalue weighted by atomic mass is 16.4. The van der Waals surface area contributed by atoms with Gasteiger partial charge in [0.1, 0.15) is 0 Å². The maximum Gasteiger partial charge on any atom is 0.314 e. The van der Waals surface area contributed by atoms with Gasteiger partial charge in [-0.05, 0) is 104 Å². The van der Waals surface area contributed by atoms with Crippen molar-refractivity contribution in [3.8, 4) is 0 Å². The van der Waals surface area contributed by atoms with E-state index in [4.69, 9.17) is 0 Å². The van der Waals surface area contributed by atoms with E-state index < -0.39 is 28.2 Å². The zero-order valence-corrected chi connectivity index (χ0v) is 22.6. The van der Waals surface area contributed by atoms with Crippen molar-refractivity contribution in [1.29, 1.82) is 0 Å². The molecule has 0 bridgehead atoms. The molecule has 0 aromatic carbocycles. The zero-order chi connectivity index (χ0) is 25.8. The molecule has 35 heavy (non-hydrogen) atoms. The number of hydrogen-bond donors (Lipinski definition) is 3. The Hall–Kier alpha value is -1.36. The lowest BCUT2D eigenvalue weighted by Gasteiger charge is -2.70. The zero-order valence-electron chi connectivity index (χ0n) is 22.6. The van der Waals surface area contributed by atoms with Crippen molar-refractivity contribution >= 4 is 11.9 Å². The second-order valence-electron chi connectivity index (χ2n) is 14.4. The summed E-state index contributed by atoms with van der Waals surface area (Å²) in [6.07, 6.45) is 8.62. The summed E-state index contributed by atoms with van der Waals surface area (Å²) < 4.78 is 0. The molecule has 4 fully saturated rings. The van der Waals surface area contributed by atoms with Crippen molar-refractivity contribution in [2.75, 3.05) is 0 Å². The molecule has 0 aromatic rings. The summed E-state index contributed by atoms with van der Waals surface area (Å²) >= 11 is 0. The number of fused-ring (bicyclic) bond motifs is 7. The molecular formula is C30H46O5. The predicted octanol–water partition coefficient (Wildman–Crippen LogP) is 6.15. The summed E-state index contributed by atoms with van der Waals surface area (Å²) in [5.41, 5.74) is -1.53. The van der Waals surface area contributed by atoms with Crippen LogP contribution >= 0.6 is 0 Å². The third kappa shape index (κ3) is 2.85. The average Bonchev–Trinajstić information content (AvgIpc) is 2.78. The van der Waals surface area contributed by atoms with E-state index in [-0.39, 0.29) is 34.7 Å². The van der Waals surface area contributed by atoms with E-state index in [1.54, 1.807) is 0 Å². The first-order valence-corrected chi connectivity index (χ1v) is 14.1. The van der Waals surface area contributed by atoms with Gasteiger partial charge in [0.25, 0.3) is 0 Å². The van der Waals surface area contributed by atoms with Crippen LogP contribution in [0, 0.1) is 56.7 Å². The predicted molar refractivity (Wildman–Crippen MR) is 135 cm³/mol. The molecule has 4 saturated carbocycles. The first-order valence-electron chi connectivity index (χ1n) is 14.1. The Morgan fingerprint density at radius 2 is 1.54 bits per heavy atom. The standard InChI is InChI=1S/C30H46O5/c1-17-9-14-29(24(32)33)15-16-30(25(34)35)19(23(29)18(17)2)7-8-21-27(5)12-11-22(31)26(3,4)20(27)10-13-28(21,30)6/h7,17-18,20-23,31H,8-16H2,1-6H3,(H,32,33)(H,34,35)/t17-,18+,20-,21+,22+,23-,27-,28+,29-,30+/m0/s1. The van der Waals surface area contributed by atoms with E-state index in [1.807, 2.05) is 0 Å². The normalized spacial score (nSPS) is 52.7. The third-order valence-electron chi connectivity index (χ3n) is 13.2. The quantitative estimate of drug-likeness (QED) is 0.407. The number of aliphatic carboxylic acids is 2. The topological polar surface area (TPSA) is 94.8 Å². The number of allylic oxidation sites excluding steroid dienone is 1. The molecule has 5 heteroatoms. The van der Waals surface area contributed by atoms with Crippen LogP contribution in [0.25, 0.3) is 0 Å². The molecule has 0 spiro atoms. The summed E-state index contributed by atoms with van der Waals surface area (Å²) in [5.74, 6) is -0.563. The van der Waals surface area contributed by atoms with Gasteiger partial charge < -0.3 is 15.3 Å². The minimum atomic E-state index is -1.00. The van der Waals surface area contributed by atoms with Crippen molar-refractivity contribution in [3.63, 3.8) is 0 Å². The van der Waals surface area contributed by atoms with Crippen molar-refractivity contribution in [1.82, 2.24) is 0 Å². The summed E-state index contributed by atoms with van der Waals surface area (Å²) in [6.45, 7) is 13.4. The Morgan fingerprint density at radius 1 is 0.857 bits per heavy atom. The SMILES string of the molecule is C[C@H]1[C@H]2C3=CC[C@@H]4[C@@]5(C)CC[C@@H](O)C(C)(C)[C@@H]5CC[C@@]4(C)[C@]3(C(=O)O)CC[C@@]2(C(=O)O)CC[C@@H]1C. The maximum absolute atomic E-state index is 13.5. The highest BCUT2D eigenvalue weighted by Crippen LogP contribution is 2.75. The van der Waals surface area contributed by atoms with Gasteiger partial charge in [0.15, 0.2) is 0 Å². The van der Waals surface area contributed by atoms with Gasteiger partial charge >= 0.3 is 11.9 Å². The molecule has 0 aromatic heterocycles. The fourth-order valence-corrected chi connectivity index (χ4v) is 11.0. The van der Waals surface area contributed by atoms with Gasteiger partial charge in [0.05, 0.1) is 16.9 Å². The first kappa shape index (κ1) is 25.3. The lowest BCUT2D eigenvalue weighted by Crippen LogP contribution is -2.67. The van der Waals surface area contributed by atoms with Gasteiger partial charge in [-0.15, -0.1) is 0 Å². The number of hydrogen-bond acceptors (Lipinski definition) is 3. The van der Waals surface area contributed by atoms with E-state index in [1.165, 1.54) is 0 Å². The lowest BCUT2D eigenvalue weighted by atomic mass is 9.33. The molecule has 10 atom stereocenters. The Balaban J connectivity index is 1.68. The number of carbonyl (C=O) groups is 2. The molecule has 0 radical (unpaired) electrons. The van der Waals surface area contributed by atoms with Crippen molar-refractivity contribution in [3.05, 3.63) is 11.6 Å². The van der Waals surface area contributed by atoms with Gasteiger partial charge in [-0.1, -0.05) is 53.2 Å². The minimum Gasteiger partial charge on any atom is -0.481 e. The summed E-state index contributed by atoms with van der Waals surface area (Å²) in [5, 5.41) is 32.5. The largest absolute Gasteiger partial charge is 0.481 e. The van der Waals surface area contributed by atoms with Gasteiger partial charge in [-0.3, -0.25) is 9.59 Å². The van der Waals surface area contributed by atoms with E-state index >= 15 is 0 Å². The first-order chi connectivity index (χ1) is 16.2. The molecular weight excluding hydrogens is 440 g/mol. The lowest BCUT2D eigenvalue weighted by molar-refractivity contribution is -0.216. The summed E-state index contributed by atoms with van der Waals surface area (Å²) in [7, 11) is 0. The van der Waals surface area contributed by atoms with Crippen LogP contribution < -0.4 is 0 Å². The molecule has 5 aliphatic carbocycles. The molecule has 196 valence electrons. The highest BCUT2D eigenvalue weighted by molar-refractivity contribution is 5.84. The monoisotopic (exact) mass is 486 g/mol. The van der Waals surface area contributed by atoms with Gasteiger partial charge in [-0.25, -0.2) is 0 Å². The molecule has 3 N–H and O–H groups in total. The van der Waals surface area contributed by atoms with Crippen LogP contribution in [0.1, 0.15) is 99.3 Å². The molecule has 0 saturated heterocycles. The summed E-state index contributed by atoms with van der Waals surface area (Å²) in [4.78, 5) is 26.3. The maximum atomic E-state index is 13.5. The molecule has 5 aliphatic rings.